The van der Waals surface area contributed by atoms with Crippen molar-refractivity contribution in [1.29, 1.82) is 0 Å². The van der Waals surface area contributed by atoms with Crippen LogP contribution in [0.2, 0.25) is 0 Å². The van der Waals surface area contributed by atoms with Crippen molar-refractivity contribution < 1.29 is 4.74 Å². The highest BCUT2D eigenvalue weighted by molar-refractivity contribution is 4.91. The topological polar surface area (TPSA) is 12.5 Å². The van der Waals surface area contributed by atoms with Gasteiger partial charge in [0.2, 0.25) is 0 Å². The maximum Gasteiger partial charge on any atom is 0.0618 e. The first kappa shape index (κ1) is 7.56. The molecule has 2 nitrogen and oxygen atoms in total. The van der Waals surface area contributed by atoms with Crippen molar-refractivity contribution in [2.24, 2.45) is 0 Å². The minimum absolute atomic E-state index is 0.755. The summed E-state index contributed by atoms with van der Waals surface area (Å²) in [7, 11) is 1.80. The van der Waals surface area contributed by atoms with Crippen LogP contribution in [-0.4, -0.2) is 37.2 Å². The summed E-state index contributed by atoms with van der Waals surface area (Å²) in [6, 6.07) is 1.68. The summed E-state index contributed by atoms with van der Waals surface area (Å²) >= 11 is 0. The first-order valence-electron chi connectivity index (χ1n) is 4.66. The van der Waals surface area contributed by atoms with Gasteiger partial charge < -0.3 is 4.74 Å². The van der Waals surface area contributed by atoms with Crippen molar-refractivity contribution in [2.75, 3.05) is 20.3 Å². The molecule has 1 saturated carbocycles. The second-order valence-electron chi connectivity index (χ2n) is 3.72. The lowest BCUT2D eigenvalue weighted by atomic mass is 9.86. The van der Waals surface area contributed by atoms with Crippen LogP contribution >= 0.6 is 0 Å². The van der Waals surface area contributed by atoms with Crippen LogP contribution < -0.4 is 0 Å². The zero-order valence-corrected chi connectivity index (χ0v) is 7.25. The fourth-order valence-corrected chi connectivity index (χ4v) is 2.03. The quantitative estimate of drug-likeness (QED) is 0.608. The SMILES string of the molecule is COC[C@H]1CCN1C1CCC1. The summed E-state index contributed by atoms with van der Waals surface area (Å²) < 4.78 is 5.15. The van der Waals surface area contributed by atoms with E-state index in [0.29, 0.717) is 0 Å². The van der Waals surface area contributed by atoms with E-state index in [0.717, 1.165) is 18.7 Å². The molecule has 0 bridgehead atoms. The molecule has 0 aromatic rings. The Morgan fingerprint density at radius 3 is 2.55 bits per heavy atom. The summed E-state index contributed by atoms with van der Waals surface area (Å²) in [6.45, 7) is 2.26. The highest BCUT2D eigenvalue weighted by Gasteiger charge is 2.36. The Balaban J connectivity index is 1.76. The van der Waals surface area contributed by atoms with Gasteiger partial charge in [-0.05, 0) is 19.3 Å². The standard InChI is InChI=1S/C9H17NO/c1-11-7-9-5-6-10(9)8-3-2-4-8/h8-9H,2-7H2,1H3/t9-/m1/s1. The molecule has 2 heteroatoms. The minimum Gasteiger partial charge on any atom is -0.383 e. The summed E-state index contributed by atoms with van der Waals surface area (Å²) in [6.07, 6.45) is 5.66. The molecular weight excluding hydrogens is 138 g/mol. The van der Waals surface area contributed by atoms with Gasteiger partial charge in [0.25, 0.3) is 0 Å². The van der Waals surface area contributed by atoms with Gasteiger partial charge in [-0.1, -0.05) is 6.42 Å². The van der Waals surface area contributed by atoms with Crippen LogP contribution in [0.1, 0.15) is 25.7 Å². The fraction of sp³-hybridized carbons (Fsp3) is 1.00. The molecule has 64 valence electrons. The van der Waals surface area contributed by atoms with E-state index in [1.165, 1.54) is 32.2 Å². The zero-order chi connectivity index (χ0) is 7.68. The number of ether oxygens (including phenoxy) is 1. The highest BCUT2D eigenvalue weighted by atomic mass is 16.5. The molecule has 11 heavy (non-hydrogen) atoms. The molecule has 0 aromatic carbocycles. The summed E-state index contributed by atoms with van der Waals surface area (Å²) in [5.74, 6) is 0. The smallest absolute Gasteiger partial charge is 0.0618 e. The van der Waals surface area contributed by atoms with Gasteiger partial charge in [-0.3, -0.25) is 4.90 Å². The number of methoxy groups -OCH3 is 1. The Morgan fingerprint density at radius 2 is 2.18 bits per heavy atom. The molecule has 0 aromatic heterocycles. The first-order valence-corrected chi connectivity index (χ1v) is 4.66. The van der Waals surface area contributed by atoms with E-state index in [1.807, 2.05) is 0 Å². The van der Waals surface area contributed by atoms with Gasteiger partial charge in [0.15, 0.2) is 0 Å². The molecule has 0 N–H and O–H groups in total. The van der Waals surface area contributed by atoms with E-state index >= 15 is 0 Å². The van der Waals surface area contributed by atoms with Gasteiger partial charge >= 0.3 is 0 Å². The van der Waals surface area contributed by atoms with Crippen molar-refractivity contribution >= 4 is 0 Å². The predicted molar refractivity (Wildman–Crippen MR) is 44.6 cm³/mol. The van der Waals surface area contributed by atoms with E-state index < -0.39 is 0 Å². The Bertz CT molecular complexity index is 134. The number of hydrogen-bond acceptors (Lipinski definition) is 2. The first-order chi connectivity index (χ1) is 5.42. The van der Waals surface area contributed by atoms with Crippen molar-refractivity contribution in [3.8, 4) is 0 Å². The van der Waals surface area contributed by atoms with Crippen LogP contribution in [0.5, 0.6) is 0 Å². The zero-order valence-electron chi connectivity index (χ0n) is 7.25. The van der Waals surface area contributed by atoms with Gasteiger partial charge in [-0.2, -0.15) is 0 Å². The number of rotatable bonds is 3. The van der Waals surface area contributed by atoms with Crippen LogP contribution in [-0.2, 0) is 4.74 Å². The largest absolute Gasteiger partial charge is 0.383 e. The Kier molecular flexibility index (Phi) is 2.14. The lowest BCUT2D eigenvalue weighted by Gasteiger charge is -2.49. The highest BCUT2D eigenvalue weighted by Crippen LogP contribution is 2.32. The van der Waals surface area contributed by atoms with Gasteiger partial charge in [-0.15, -0.1) is 0 Å². The van der Waals surface area contributed by atoms with Gasteiger partial charge in [0.05, 0.1) is 6.61 Å². The van der Waals surface area contributed by atoms with Gasteiger partial charge in [-0.25, -0.2) is 0 Å². The van der Waals surface area contributed by atoms with Crippen molar-refractivity contribution in [1.82, 2.24) is 4.90 Å². The maximum absolute atomic E-state index is 5.15. The third-order valence-electron chi connectivity index (χ3n) is 3.09. The lowest BCUT2D eigenvalue weighted by molar-refractivity contribution is -0.0315. The third kappa shape index (κ3) is 1.30. The van der Waals surface area contributed by atoms with E-state index in [4.69, 9.17) is 4.74 Å². The van der Waals surface area contributed by atoms with Crippen LogP contribution in [0.4, 0.5) is 0 Å². The number of nitrogens with zero attached hydrogens (tertiary/aromatic N) is 1. The average molecular weight is 155 g/mol. The summed E-state index contributed by atoms with van der Waals surface area (Å²) in [5, 5.41) is 0. The molecule has 1 heterocycles. The third-order valence-corrected chi connectivity index (χ3v) is 3.09. The second-order valence-corrected chi connectivity index (χ2v) is 3.72. The van der Waals surface area contributed by atoms with E-state index in [2.05, 4.69) is 4.90 Å². The molecule has 1 saturated heterocycles. The molecule has 1 aliphatic heterocycles. The molecule has 2 aliphatic rings. The average Bonchev–Trinajstić information content (AvgIpc) is 1.89. The summed E-state index contributed by atoms with van der Waals surface area (Å²) in [4.78, 5) is 2.62. The predicted octanol–water partition coefficient (Wildman–Crippen LogP) is 1.26. The molecule has 1 atom stereocenters. The van der Waals surface area contributed by atoms with Crippen LogP contribution in [0.3, 0.4) is 0 Å². The molecule has 0 amide bonds. The fourth-order valence-electron chi connectivity index (χ4n) is 2.03. The normalized spacial score (nSPS) is 33.0. The van der Waals surface area contributed by atoms with E-state index in [9.17, 15) is 0 Å². The molecule has 0 unspecified atom stereocenters. The Hall–Kier alpha value is -0.0800. The minimum atomic E-state index is 0.755. The molecule has 1 aliphatic carbocycles. The molecular formula is C9H17NO. The van der Waals surface area contributed by atoms with Crippen LogP contribution in [0.15, 0.2) is 0 Å². The van der Waals surface area contributed by atoms with E-state index in [-0.39, 0.29) is 0 Å². The molecule has 0 spiro atoms. The summed E-state index contributed by atoms with van der Waals surface area (Å²) in [5.41, 5.74) is 0. The molecule has 0 radical (unpaired) electrons. The molecule has 2 fully saturated rings. The lowest BCUT2D eigenvalue weighted by Crippen LogP contribution is -2.57. The number of likely N-dealkylation sites (tertiary alicyclic amines) is 1. The van der Waals surface area contributed by atoms with Gasteiger partial charge in [0.1, 0.15) is 0 Å². The maximum atomic E-state index is 5.15. The van der Waals surface area contributed by atoms with Crippen molar-refractivity contribution in [3.63, 3.8) is 0 Å². The van der Waals surface area contributed by atoms with Crippen LogP contribution in [0, 0.1) is 0 Å². The van der Waals surface area contributed by atoms with Gasteiger partial charge in [0, 0.05) is 25.7 Å². The molecule has 2 rings (SSSR count). The van der Waals surface area contributed by atoms with E-state index in [1.54, 1.807) is 7.11 Å². The number of hydrogen-bond donors (Lipinski definition) is 0. The van der Waals surface area contributed by atoms with Crippen molar-refractivity contribution in [2.45, 2.75) is 37.8 Å². The second kappa shape index (κ2) is 3.11. The Morgan fingerprint density at radius 1 is 1.36 bits per heavy atom. The Labute approximate surface area is 68.5 Å². The van der Waals surface area contributed by atoms with Crippen molar-refractivity contribution in [3.05, 3.63) is 0 Å². The monoisotopic (exact) mass is 155 g/mol. The van der Waals surface area contributed by atoms with Crippen LogP contribution in [0.25, 0.3) is 0 Å².